The zero-order valence-electron chi connectivity index (χ0n) is 13.1. The number of nitrogens with zero attached hydrogens (tertiary/aromatic N) is 1. The van der Waals surface area contributed by atoms with Gasteiger partial charge in [-0.3, -0.25) is 4.79 Å². The lowest BCUT2D eigenvalue weighted by Gasteiger charge is -2.30. The number of likely N-dealkylation sites (N-methyl/N-ethyl adjacent to an activating group) is 1. The van der Waals surface area contributed by atoms with Gasteiger partial charge in [-0.2, -0.15) is 17.6 Å². The molecule has 0 aromatic heterocycles. The van der Waals surface area contributed by atoms with Crippen LogP contribution in [0.25, 0.3) is 0 Å². The van der Waals surface area contributed by atoms with Gasteiger partial charge < -0.3 is 9.64 Å². The predicted octanol–water partition coefficient (Wildman–Crippen LogP) is 3.07. The third-order valence-corrected chi connectivity index (χ3v) is 5.37. The topological polar surface area (TPSA) is 29.5 Å². The van der Waals surface area contributed by atoms with Crippen molar-refractivity contribution in [3.05, 3.63) is 24.3 Å². The van der Waals surface area contributed by atoms with E-state index < -0.39 is 26.0 Å². The van der Waals surface area contributed by atoms with E-state index in [1.807, 2.05) is 6.07 Å². The van der Waals surface area contributed by atoms with Crippen LogP contribution in [-0.2, 0) is 9.53 Å². The summed E-state index contributed by atoms with van der Waals surface area (Å²) in [5.74, 6) is -6.17. The van der Waals surface area contributed by atoms with Gasteiger partial charge in [0.1, 0.15) is 0 Å². The Morgan fingerprint density at radius 3 is 2.14 bits per heavy atom. The Labute approximate surface area is 127 Å². The molecule has 0 heterocycles. The Bertz CT molecular complexity index is 557. The number of carbonyl (C=O) groups excluding carboxylic acids is 1. The first kappa shape index (κ1) is 18.6. The van der Waals surface area contributed by atoms with Gasteiger partial charge in [-0.05, 0) is 12.1 Å². The number of alkyl halides is 4. The van der Waals surface area contributed by atoms with Crippen LogP contribution in [0.15, 0.2) is 24.3 Å². The molecule has 0 saturated heterocycles. The molecule has 1 aromatic rings. The van der Waals surface area contributed by atoms with Gasteiger partial charge in [0, 0.05) is 19.8 Å². The Morgan fingerprint density at radius 1 is 1.18 bits per heavy atom. The maximum Gasteiger partial charge on any atom is 0.458 e. The lowest BCUT2D eigenvalue weighted by atomic mass is 10.2. The number of hydrogen-bond donors (Lipinski definition) is 0. The van der Waals surface area contributed by atoms with Crippen molar-refractivity contribution in [3.8, 4) is 0 Å². The van der Waals surface area contributed by atoms with Gasteiger partial charge >= 0.3 is 17.9 Å². The molecule has 0 aliphatic carbocycles. The predicted molar refractivity (Wildman–Crippen MR) is 79.7 cm³/mol. The van der Waals surface area contributed by atoms with Crippen molar-refractivity contribution >= 4 is 24.9 Å². The fourth-order valence-electron chi connectivity index (χ4n) is 1.84. The number of benzene rings is 1. The molecule has 1 rings (SSSR count). The Morgan fingerprint density at radius 2 is 1.73 bits per heavy atom. The zero-order valence-corrected chi connectivity index (χ0v) is 14.1. The van der Waals surface area contributed by atoms with Gasteiger partial charge in [-0.1, -0.05) is 37.0 Å². The van der Waals surface area contributed by atoms with E-state index in [1.165, 1.54) is 6.07 Å². The largest absolute Gasteiger partial charge is 0.458 e. The molecule has 1 atom stereocenters. The van der Waals surface area contributed by atoms with Crippen LogP contribution >= 0.6 is 0 Å². The average Bonchev–Trinajstić information content (AvgIpc) is 2.42. The Balaban J connectivity index is 3.21. The van der Waals surface area contributed by atoms with Gasteiger partial charge in [0.25, 0.3) is 0 Å². The van der Waals surface area contributed by atoms with E-state index in [4.69, 9.17) is 0 Å². The number of hydrogen-bond acceptors (Lipinski definition) is 2. The van der Waals surface area contributed by atoms with Crippen molar-refractivity contribution in [2.75, 3.05) is 19.1 Å². The first-order chi connectivity index (χ1) is 9.84. The van der Waals surface area contributed by atoms with E-state index in [2.05, 4.69) is 24.4 Å². The van der Waals surface area contributed by atoms with Crippen LogP contribution in [0.5, 0.6) is 0 Å². The van der Waals surface area contributed by atoms with Crippen molar-refractivity contribution < 1.29 is 27.1 Å². The maximum absolute atomic E-state index is 14.0. The van der Waals surface area contributed by atoms with E-state index in [1.54, 1.807) is 12.1 Å². The molecule has 1 aromatic carbocycles. The molecule has 0 saturated carbocycles. The third-order valence-electron chi connectivity index (χ3n) is 3.33. The minimum absolute atomic E-state index is 0.188. The zero-order chi connectivity index (χ0) is 17.3. The number of halogens is 4. The van der Waals surface area contributed by atoms with Crippen LogP contribution in [0.2, 0.25) is 19.6 Å². The van der Waals surface area contributed by atoms with E-state index in [-0.39, 0.29) is 5.69 Å². The maximum atomic E-state index is 14.0. The Kier molecular flexibility index (Phi) is 5.08. The number of anilines is 1. The lowest BCUT2D eigenvalue weighted by Crippen LogP contribution is -2.55. The smallest absolute Gasteiger partial charge is 0.335 e. The molecule has 0 radical (unpaired) electrons. The van der Waals surface area contributed by atoms with Crippen LogP contribution in [0, 0.1) is 0 Å². The van der Waals surface area contributed by atoms with Gasteiger partial charge in [-0.25, -0.2) is 0 Å². The first-order valence-electron chi connectivity index (χ1n) is 6.54. The lowest BCUT2D eigenvalue weighted by molar-refractivity contribution is -0.306. The van der Waals surface area contributed by atoms with E-state index in [9.17, 15) is 22.4 Å². The second kappa shape index (κ2) is 6.00. The molecule has 0 N–H and O–H groups in total. The van der Waals surface area contributed by atoms with Crippen molar-refractivity contribution in [1.29, 1.82) is 0 Å². The summed E-state index contributed by atoms with van der Waals surface area (Å²) in [5.41, 5.74) is 0.188. The summed E-state index contributed by atoms with van der Waals surface area (Å²) in [4.78, 5) is 12.5. The van der Waals surface area contributed by atoms with Crippen LogP contribution in [0.3, 0.4) is 0 Å². The molecule has 1 amide bonds. The molecular weight excluding hydrogens is 318 g/mol. The molecule has 1 unspecified atom stereocenters. The van der Waals surface area contributed by atoms with Gasteiger partial charge in [0.15, 0.2) is 0 Å². The van der Waals surface area contributed by atoms with Gasteiger partial charge in [0.05, 0.1) is 8.07 Å². The molecule has 0 bridgehead atoms. The average molecular weight is 337 g/mol. The summed E-state index contributed by atoms with van der Waals surface area (Å²) in [6, 6.07) is 6.54. The second-order valence-corrected chi connectivity index (χ2v) is 11.0. The van der Waals surface area contributed by atoms with Crippen molar-refractivity contribution in [1.82, 2.24) is 0 Å². The summed E-state index contributed by atoms with van der Waals surface area (Å²) >= 11 is 0. The van der Waals surface area contributed by atoms with Crippen LogP contribution in [0.1, 0.15) is 0 Å². The van der Waals surface area contributed by atoms with Gasteiger partial charge in [-0.15, -0.1) is 0 Å². The highest BCUT2D eigenvalue weighted by molar-refractivity contribution is 6.88. The van der Waals surface area contributed by atoms with Gasteiger partial charge in [0.2, 0.25) is 0 Å². The number of amides is 1. The monoisotopic (exact) mass is 337 g/mol. The first-order valence-corrected chi connectivity index (χ1v) is 10.0. The minimum atomic E-state index is -5.45. The normalized spacial score (nSPS) is 15.3. The molecule has 22 heavy (non-hydrogen) atoms. The fourth-order valence-corrected chi connectivity index (χ4v) is 3.02. The van der Waals surface area contributed by atoms with E-state index in [0.29, 0.717) is 12.0 Å². The highest BCUT2D eigenvalue weighted by Crippen LogP contribution is 2.36. The van der Waals surface area contributed by atoms with Crippen molar-refractivity contribution in [2.24, 2.45) is 0 Å². The second-order valence-electron chi connectivity index (χ2n) is 5.96. The molecule has 124 valence electrons. The SMILES string of the molecule is COC(F)(C(=O)N(C)c1cccc([Si](C)(C)C)c1)C(F)(F)F. The summed E-state index contributed by atoms with van der Waals surface area (Å²) < 4.78 is 56.1. The molecule has 0 aliphatic heterocycles. The summed E-state index contributed by atoms with van der Waals surface area (Å²) in [7, 11) is -0.122. The third kappa shape index (κ3) is 3.49. The number of rotatable bonds is 4. The minimum Gasteiger partial charge on any atom is -0.335 e. The highest BCUT2D eigenvalue weighted by Gasteiger charge is 2.64. The number of carbonyl (C=O) groups is 1. The fraction of sp³-hybridized carbons (Fsp3) is 0.500. The summed E-state index contributed by atoms with van der Waals surface area (Å²) in [6.07, 6.45) is -5.45. The van der Waals surface area contributed by atoms with E-state index >= 15 is 0 Å². The number of ether oxygens (including phenoxy) is 1. The molecule has 0 aliphatic rings. The van der Waals surface area contributed by atoms with Crippen LogP contribution in [-0.4, -0.2) is 40.2 Å². The molecular formula is C14H19F4NO2Si. The van der Waals surface area contributed by atoms with Crippen molar-refractivity contribution in [2.45, 2.75) is 31.7 Å². The molecule has 8 heteroatoms. The highest BCUT2D eigenvalue weighted by atomic mass is 28.3. The molecule has 0 fully saturated rings. The van der Waals surface area contributed by atoms with E-state index in [0.717, 1.165) is 12.2 Å². The Hall–Kier alpha value is -1.41. The number of methoxy groups -OCH3 is 1. The van der Waals surface area contributed by atoms with Crippen molar-refractivity contribution in [3.63, 3.8) is 0 Å². The molecule has 3 nitrogen and oxygen atoms in total. The molecule has 0 spiro atoms. The summed E-state index contributed by atoms with van der Waals surface area (Å²) in [5, 5.41) is 0.943. The standard InChI is InChI=1S/C14H19F4NO2Si/c1-19(12(20)13(15,21-2)14(16,17)18)10-7-6-8-11(9-10)22(3,4)5/h6-9H,1-5H3. The van der Waals surface area contributed by atoms with Crippen LogP contribution in [0.4, 0.5) is 23.2 Å². The summed E-state index contributed by atoms with van der Waals surface area (Å²) in [6.45, 7) is 6.16. The quantitative estimate of drug-likeness (QED) is 0.624. The van der Waals surface area contributed by atoms with Crippen LogP contribution < -0.4 is 10.1 Å².